The summed E-state index contributed by atoms with van der Waals surface area (Å²) in [6, 6.07) is 7.40. The lowest BCUT2D eigenvalue weighted by Gasteiger charge is -2.51. The van der Waals surface area contributed by atoms with Crippen molar-refractivity contribution in [3.63, 3.8) is 0 Å². The number of rotatable bonds is 18. The third-order valence-corrected chi connectivity index (χ3v) is 50.6. The Labute approximate surface area is 523 Å². The van der Waals surface area contributed by atoms with Crippen LogP contribution in [0, 0.1) is 11.8 Å². The van der Waals surface area contributed by atoms with Gasteiger partial charge in [-0.2, -0.15) is 0 Å². The van der Waals surface area contributed by atoms with E-state index < -0.39 is 55.3 Å². The molecule has 5 rings (SSSR count). The molecule has 0 aromatic heterocycles. The van der Waals surface area contributed by atoms with Gasteiger partial charge in [-0.1, -0.05) is 169 Å². The van der Waals surface area contributed by atoms with Gasteiger partial charge in [0.05, 0.1) is 24.9 Å². The summed E-state index contributed by atoms with van der Waals surface area (Å²) < 4.78 is 51.6. The predicted molar refractivity (Wildman–Crippen MR) is 375 cm³/mol. The van der Waals surface area contributed by atoms with Crippen molar-refractivity contribution in [3.05, 3.63) is 77.4 Å². The van der Waals surface area contributed by atoms with Crippen LogP contribution in [0.15, 0.2) is 60.7 Å². The lowest BCUT2D eigenvalue weighted by molar-refractivity contribution is -0.141. The van der Waals surface area contributed by atoms with Crippen molar-refractivity contribution >= 4 is 61.4 Å². The topological polar surface area (TPSA) is 81.7 Å². The van der Waals surface area contributed by atoms with Crippen LogP contribution in [0.2, 0.25) is 109 Å². The summed E-state index contributed by atoms with van der Waals surface area (Å²) >= 11 is 0. The largest absolute Gasteiger partial charge is 0.466 e. The maximum Gasteiger partial charge on any atom is 0.302 e. The minimum atomic E-state index is -2.34. The van der Waals surface area contributed by atoms with Gasteiger partial charge in [0.2, 0.25) is 0 Å². The summed E-state index contributed by atoms with van der Waals surface area (Å²) in [4.78, 5) is 13.1. The zero-order chi connectivity index (χ0) is 64.7. The summed E-state index contributed by atoms with van der Waals surface area (Å²) in [6.07, 6.45) is 7.25. The summed E-state index contributed by atoms with van der Waals surface area (Å²) in [7, 11) is -13.7. The number of esters is 1. The van der Waals surface area contributed by atoms with Crippen LogP contribution in [0.3, 0.4) is 0 Å². The molecule has 0 amide bonds. The van der Waals surface area contributed by atoms with Crippen LogP contribution in [0.25, 0.3) is 5.57 Å². The minimum Gasteiger partial charge on any atom is -0.466 e. The normalized spacial score (nSPS) is 27.9. The third kappa shape index (κ3) is 15.9. The molecule has 0 radical (unpaired) electrons. The Kier molecular flexibility index (Phi) is 21.6. The van der Waals surface area contributed by atoms with E-state index in [1.165, 1.54) is 29.2 Å². The van der Waals surface area contributed by atoms with E-state index in [1.807, 2.05) is 0 Å². The molecule has 84 heavy (non-hydrogen) atoms. The summed E-state index contributed by atoms with van der Waals surface area (Å²) in [5, 5.41) is 0.0509. The van der Waals surface area contributed by atoms with Crippen molar-refractivity contribution in [2.75, 3.05) is 6.61 Å². The number of hydrogen-bond acceptors (Lipinski definition) is 8. The van der Waals surface area contributed by atoms with Crippen LogP contribution in [-0.2, 0) is 41.5 Å². The van der Waals surface area contributed by atoms with Crippen LogP contribution in [0.4, 0.5) is 0 Å². The van der Waals surface area contributed by atoms with Gasteiger partial charge in [-0.3, -0.25) is 4.79 Å². The first kappa shape index (κ1) is 73.4. The number of carbonyl (C=O) groups is 1. The van der Waals surface area contributed by atoms with Gasteiger partial charge in [-0.25, -0.2) is 0 Å². The van der Waals surface area contributed by atoms with Gasteiger partial charge in [0.1, 0.15) is 0 Å². The van der Waals surface area contributed by atoms with Gasteiger partial charge in [-0.15, -0.1) is 0 Å². The highest BCUT2D eigenvalue weighted by atomic mass is 28.4. The van der Waals surface area contributed by atoms with Crippen LogP contribution in [0.5, 0.6) is 0 Å². The fraction of sp³-hybridized carbons (Fsp3) is 0.786. The highest BCUT2D eigenvalue weighted by Crippen LogP contribution is 2.60. The number of fused-ring (bicyclic) bond motifs is 1. The zero-order valence-corrected chi connectivity index (χ0v) is 66.0. The summed E-state index contributed by atoms with van der Waals surface area (Å²) in [5.74, 6) is -0.500. The monoisotopic (exact) mass is 1260 g/mol. The van der Waals surface area contributed by atoms with E-state index in [2.05, 4.69) is 227 Å². The number of allylic oxidation sites excluding steroid dienone is 2. The molecular formula is C70H128O8Si6. The molecule has 0 aliphatic heterocycles. The first-order chi connectivity index (χ1) is 37.4. The molecule has 0 bridgehead atoms. The number of ether oxygens (including phenoxy) is 1. The standard InChI is InChI=1S/C70H128O8Si6/c1-47-55(40-52(73-79(23,24)64(5,6)7)43-61(47)76-82(29,30)67(14,15)16)51-35-36-59-57(39-51)58(56-41-53(74-80(25,26)65(8,9)10)44-62(48(56)2)77-83(31,32)68(17,18)19)46-70(59,37-38-72-50(4)71)60-42-54(75-81(27,28)66(11,12)13)45-63(49(60)3)78-84(33,34)69(20,21)22/h35-36,39,46,52-56,60-63H,1-3,37-38,40-45H2,4-34H3. The maximum atomic E-state index is 13.1. The molecule has 0 heterocycles. The second kappa shape index (κ2) is 24.7. The van der Waals surface area contributed by atoms with Gasteiger partial charge >= 0.3 is 5.97 Å². The Morgan fingerprint density at radius 3 is 1.14 bits per heavy atom. The fourth-order valence-electron chi connectivity index (χ4n) is 11.8. The van der Waals surface area contributed by atoms with Gasteiger partial charge in [0.15, 0.2) is 49.9 Å². The van der Waals surface area contributed by atoms with Gasteiger partial charge < -0.3 is 31.3 Å². The molecule has 10 atom stereocenters. The quantitative estimate of drug-likeness (QED) is 0.0817. The predicted octanol–water partition coefficient (Wildman–Crippen LogP) is 21.0. The van der Waals surface area contributed by atoms with E-state index in [0.29, 0.717) is 6.42 Å². The highest BCUT2D eigenvalue weighted by molar-refractivity contribution is 6.76. The van der Waals surface area contributed by atoms with E-state index in [0.717, 1.165) is 55.2 Å². The van der Waals surface area contributed by atoms with Gasteiger partial charge in [0.25, 0.3) is 0 Å². The highest BCUT2D eigenvalue weighted by Gasteiger charge is 2.56. The van der Waals surface area contributed by atoms with Crippen molar-refractivity contribution in [2.24, 2.45) is 11.8 Å². The molecule has 3 saturated carbocycles. The van der Waals surface area contributed by atoms with E-state index in [4.69, 9.17) is 51.0 Å². The van der Waals surface area contributed by atoms with Gasteiger partial charge in [0, 0.05) is 61.7 Å². The first-order valence-corrected chi connectivity index (χ1v) is 50.0. The molecule has 1 aromatic carbocycles. The molecule has 14 heteroatoms. The van der Waals surface area contributed by atoms with Crippen molar-refractivity contribution in [1.29, 1.82) is 0 Å². The Hall–Kier alpha value is -1.29. The molecule has 4 aliphatic rings. The van der Waals surface area contributed by atoms with Gasteiger partial charge in [-0.05, 0) is 179 Å². The fourth-order valence-corrected chi connectivity index (χ4v) is 19.9. The first-order valence-electron chi connectivity index (χ1n) is 32.6. The van der Waals surface area contributed by atoms with E-state index in [9.17, 15) is 4.79 Å². The minimum absolute atomic E-state index is 0.00286. The molecule has 0 N–H and O–H groups in total. The Morgan fingerprint density at radius 2 is 0.786 bits per heavy atom. The Morgan fingerprint density at radius 1 is 0.464 bits per heavy atom. The molecule has 8 nitrogen and oxygen atoms in total. The molecule has 480 valence electrons. The van der Waals surface area contributed by atoms with Crippen molar-refractivity contribution in [1.82, 2.24) is 0 Å². The Bertz CT molecular complexity index is 2590. The smallest absolute Gasteiger partial charge is 0.302 e. The van der Waals surface area contributed by atoms with E-state index in [-0.39, 0.29) is 97.2 Å². The lowest BCUT2D eigenvalue weighted by Crippen LogP contribution is -2.53. The molecule has 0 spiro atoms. The van der Waals surface area contributed by atoms with E-state index >= 15 is 0 Å². The molecule has 0 saturated heterocycles. The molecule has 4 aliphatic carbocycles. The zero-order valence-electron chi connectivity index (χ0n) is 60.0. The number of hydrogen-bond donors (Lipinski definition) is 0. The van der Waals surface area contributed by atoms with Crippen LogP contribution < -0.4 is 0 Å². The average molecular weight is 1270 g/mol. The SMILES string of the molecule is C=C1C(O[Si](C)(C)C(C)(C)C)CC(O[Si](C)(C)C(C)(C)C)CC1C1=CC(CCOC(C)=O)(C2CC(O[Si](C)(C)C(C)(C)C)CC(O[Si](C)(C)C(C)(C)C)C2=C)c2ccc(C3CC(O[Si](C)(C)C(C)(C)C)CC(O[Si](C)(C)C(C)(C)C)C3=C)cc21. The Balaban J connectivity index is 1.90. The van der Waals surface area contributed by atoms with E-state index in [1.54, 1.807) is 0 Å². The third-order valence-electron chi connectivity index (χ3n) is 23.5. The van der Waals surface area contributed by atoms with Crippen LogP contribution >= 0.6 is 0 Å². The molecular weight excluding hydrogens is 1140 g/mol. The second-order valence-electron chi connectivity index (χ2n) is 35.9. The molecule has 1 aromatic rings. The van der Waals surface area contributed by atoms with Crippen molar-refractivity contribution in [2.45, 2.75) is 333 Å². The van der Waals surface area contributed by atoms with Crippen molar-refractivity contribution < 1.29 is 36.1 Å². The van der Waals surface area contributed by atoms with Crippen LogP contribution in [0.1, 0.15) is 199 Å². The summed E-state index contributed by atoms with van der Waals surface area (Å²) in [6.45, 7) is 87.9. The summed E-state index contributed by atoms with van der Waals surface area (Å²) in [5.41, 5.74) is 7.69. The second-order valence-corrected chi connectivity index (χ2v) is 64.5. The average Bonchev–Trinajstić information content (AvgIpc) is 1.59. The maximum absolute atomic E-state index is 13.1. The molecule has 10 unspecified atom stereocenters. The molecule has 3 fully saturated rings. The number of carbonyl (C=O) groups excluding carboxylic acids is 1. The number of benzene rings is 1. The van der Waals surface area contributed by atoms with Crippen molar-refractivity contribution in [3.8, 4) is 0 Å². The lowest BCUT2D eigenvalue weighted by atomic mass is 9.61. The van der Waals surface area contributed by atoms with Crippen LogP contribution in [-0.4, -0.2) is 99.1 Å².